The number of nitrogens with one attached hydrogen (secondary N) is 2. The maximum Gasteiger partial charge on any atom is 0.573 e. The predicted molar refractivity (Wildman–Crippen MR) is 70.9 cm³/mol. The van der Waals surface area contributed by atoms with Crippen molar-refractivity contribution in [3.8, 4) is 5.75 Å². The van der Waals surface area contributed by atoms with Gasteiger partial charge in [-0.1, -0.05) is 12.1 Å². The Balaban J connectivity index is 2.06. The van der Waals surface area contributed by atoms with E-state index in [9.17, 15) is 18.0 Å². The Morgan fingerprint density at radius 1 is 1.40 bits per heavy atom. The summed E-state index contributed by atoms with van der Waals surface area (Å²) in [5.74, 6) is 0.721. The number of carbonyl (C=O) groups is 1. The highest BCUT2D eigenvalue weighted by atomic mass is 32.2. The summed E-state index contributed by atoms with van der Waals surface area (Å²) < 4.78 is 40.7. The van der Waals surface area contributed by atoms with Gasteiger partial charge in [0.05, 0.1) is 11.7 Å². The molecule has 0 spiro atoms. The van der Waals surface area contributed by atoms with Gasteiger partial charge in [-0.25, -0.2) is 0 Å². The van der Waals surface area contributed by atoms with Crippen LogP contribution in [0, 0.1) is 0 Å². The van der Waals surface area contributed by atoms with Crippen LogP contribution in [-0.4, -0.2) is 36.4 Å². The quantitative estimate of drug-likeness (QED) is 0.899. The number of carbonyl (C=O) groups excluding carboxylic acids is 1. The Kier molecular flexibility index (Phi) is 4.77. The molecule has 2 rings (SSSR count). The van der Waals surface area contributed by atoms with Gasteiger partial charge in [-0.15, -0.1) is 13.2 Å². The summed E-state index contributed by atoms with van der Waals surface area (Å²) in [5.41, 5.74) is 0.00667. The average Bonchev–Trinajstić information content (AvgIpc) is 2.40. The smallest absolute Gasteiger partial charge is 0.404 e. The van der Waals surface area contributed by atoms with Gasteiger partial charge in [0.1, 0.15) is 0 Å². The van der Waals surface area contributed by atoms with Crippen molar-refractivity contribution in [3.05, 3.63) is 24.3 Å². The zero-order valence-electron chi connectivity index (χ0n) is 10.4. The molecular formula is C12H13F3N2O2S. The molecule has 1 aliphatic rings. The number of amides is 1. The second-order valence-corrected chi connectivity index (χ2v) is 5.26. The van der Waals surface area contributed by atoms with Crippen LogP contribution < -0.4 is 15.4 Å². The third kappa shape index (κ3) is 4.31. The maximum absolute atomic E-state index is 12.3. The summed E-state index contributed by atoms with van der Waals surface area (Å²) in [6.45, 7) is 0.698. The van der Waals surface area contributed by atoms with Gasteiger partial charge in [0.15, 0.2) is 5.75 Å². The van der Waals surface area contributed by atoms with Crippen LogP contribution in [0.5, 0.6) is 5.75 Å². The molecule has 1 amide bonds. The average molecular weight is 306 g/mol. The minimum Gasteiger partial charge on any atom is -0.404 e. The van der Waals surface area contributed by atoms with Crippen molar-refractivity contribution >= 4 is 23.4 Å². The molecule has 1 saturated heterocycles. The molecule has 0 radical (unpaired) electrons. The fraction of sp³-hybridized carbons (Fsp3) is 0.417. The van der Waals surface area contributed by atoms with Crippen molar-refractivity contribution in [2.75, 3.05) is 23.4 Å². The number of rotatable bonds is 3. The van der Waals surface area contributed by atoms with Gasteiger partial charge < -0.3 is 15.4 Å². The molecule has 1 aliphatic heterocycles. The molecule has 0 saturated carbocycles. The highest BCUT2D eigenvalue weighted by Crippen LogP contribution is 2.30. The fourth-order valence-corrected chi connectivity index (χ4v) is 2.67. The molecule has 8 heteroatoms. The largest absolute Gasteiger partial charge is 0.573 e. The standard InChI is InChI=1S/C12H13F3N2O2S/c13-12(14,15)19-10-4-2-1-3-8(10)17-11(18)9-7-20-6-5-16-9/h1-4,9,16H,5-7H2,(H,17,18). The van der Waals surface area contributed by atoms with Crippen molar-refractivity contribution < 1.29 is 22.7 Å². The van der Waals surface area contributed by atoms with Gasteiger partial charge in [-0.05, 0) is 12.1 Å². The van der Waals surface area contributed by atoms with Crippen molar-refractivity contribution in [1.82, 2.24) is 5.32 Å². The minimum atomic E-state index is -4.79. The van der Waals surface area contributed by atoms with Crippen LogP contribution in [0.3, 0.4) is 0 Å². The van der Waals surface area contributed by atoms with Gasteiger partial charge in [0.2, 0.25) is 5.91 Å². The first kappa shape index (κ1) is 15.0. The zero-order valence-corrected chi connectivity index (χ0v) is 11.2. The summed E-state index contributed by atoms with van der Waals surface area (Å²) >= 11 is 1.62. The first-order valence-electron chi connectivity index (χ1n) is 5.92. The Morgan fingerprint density at radius 3 is 2.80 bits per heavy atom. The molecule has 1 fully saturated rings. The van der Waals surface area contributed by atoms with E-state index >= 15 is 0 Å². The number of ether oxygens (including phenoxy) is 1. The first-order valence-corrected chi connectivity index (χ1v) is 7.08. The molecule has 0 bridgehead atoms. The lowest BCUT2D eigenvalue weighted by Gasteiger charge is -2.23. The Morgan fingerprint density at radius 2 is 2.15 bits per heavy atom. The van der Waals surface area contributed by atoms with Gasteiger partial charge >= 0.3 is 6.36 Å². The number of para-hydroxylation sites is 2. The van der Waals surface area contributed by atoms with Crippen LogP contribution >= 0.6 is 11.8 Å². The number of hydrogen-bond acceptors (Lipinski definition) is 4. The molecule has 110 valence electrons. The molecule has 0 aromatic heterocycles. The van der Waals surface area contributed by atoms with Crippen LogP contribution in [0.25, 0.3) is 0 Å². The summed E-state index contributed by atoms with van der Waals surface area (Å²) in [4.78, 5) is 12.0. The summed E-state index contributed by atoms with van der Waals surface area (Å²) in [5, 5.41) is 5.47. The number of hydrogen-bond donors (Lipinski definition) is 2. The molecule has 1 aromatic carbocycles. The van der Waals surface area contributed by atoms with E-state index in [1.165, 1.54) is 18.2 Å². The van der Waals surface area contributed by atoms with E-state index in [-0.39, 0.29) is 11.6 Å². The lowest BCUT2D eigenvalue weighted by Crippen LogP contribution is -2.46. The van der Waals surface area contributed by atoms with E-state index < -0.39 is 18.2 Å². The third-order valence-electron chi connectivity index (χ3n) is 2.61. The normalized spacial score (nSPS) is 19.4. The minimum absolute atomic E-state index is 0.00667. The molecule has 20 heavy (non-hydrogen) atoms. The van der Waals surface area contributed by atoms with Gasteiger partial charge in [0, 0.05) is 18.1 Å². The summed E-state index contributed by atoms with van der Waals surface area (Å²) in [6.07, 6.45) is -4.79. The first-order chi connectivity index (χ1) is 9.46. The monoisotopic (exact) mass is 306 g/mol. The Labute approximate surface area is 118 Å². The lowest BCUT2D eigenvalue weighted by molar-refractivity contribution is -0.274. The highest BCUT2D eigenvalue weighted by molar-refractivity contribution is 7.99. The van der Waals surface area contributed by atoms with Gasteiger partial charge in [0.25, 0.3) is 0 Å². The van der Waals surface area contributed by atoms with E-state index in [0.717, 1.165) is 11.8 Å². The van der Waals surface area contributed by atoms with Gasteiger partial charge in [-0.3, -0.25) is 4.79 Å². The molecule has 1 heterocycles. The SMILES string of the molecule is O=C(Nc1ccccc1OC(F)(F)F)C1CSCCN1. The van der Waals surface area contributed by atoms with Crippen molar-refractivity contribution in [2.45, 2.75) is 12.4 Å². The van der Waals surface area contributed by atoms with E-state index in [4.69, 9.17) is 0 Å². The van der Waals surface area contributed by atoms with Crippen molar-refractivity contribution in [1.29, 1.82) is 0 Å². The van der Waals surface area contributed by atoms with Crippen LogP contribution in [-0.2, 0) is 4.79 Å². The number of anilines is 1. The molecule has 1 aromatic rings. The lowest BCUT2D eigenvalue weighted by atomic mass is 10.2. The fourth-order valence-electron chi connectivity index (χ4n) is 1.74. The molecular weight excluding hydrogens is 293 g/mol. The topological polar surface area (TPSA) is 50.4 Å². The summed E-state index contributed by atoms with van der Waals surface area (Å²) in [6, 6.07) is 5.06. The second kappa shape index (κ2) is 6.36. The van der Waals surface area contributed by atoms with Gasteiger partial charge in [-0.2, -0.15) is 11.8 Å². The molecule has 1 atom stereocenters. The highest BCUT2D eigenvalue weighted by Gasteiger charge is 2.32. The van der Waals surface area contributed by atoms with Crippen LogP contribution in [0.1, 0.15) is 0 Å². The van der Waals surface area contributed by atoms with Crippen molar-refractivity contribution in [3.63, 3.8) is 0 Å². The molecule has 4 nitrogen and oxygen atoms in total. The van der Waals surface area contributed by atoms with Crippen molar-refractivity contribution in [2.24, 2.45) is 0 Å². The Bertz CT molecular complexity index is 476. The van der Waals surface area contributed by atoms with Crippen LogP contribution in [0.4, 0.5) is 18.9 Å². The number of alkyl halides is 3. The van der Waals surface area contributed by atoms with E-state index in [1.807, 2.05) is 0 Å². The number of benzene rings is 1. The molecule has 1 unspecified atom stereocenters. The van der Waals surface area contributed by atoms with E-state index in [1.54, 1.807) is 11.8 Å². The maximum atomic E-state index is 12.3. The second-order valence-electron chi connectivity index (χ2n) is 4.11. The number of thioether (sulfide) groups is 1. The summed E-state index contributed by atoms with van der Waals surface area (Å²) in [7, 11) is 0. The van der Waals surface area contributed by atoms with Crippen LogP contribution in [0.2, 0.25) is 0 Å². The van der Waals surface area contributed by atoms with E-state index in [0.29, 0.717) is 12.3 Å². The zero-order chi connectivity index (χ0) is 14.6. The molecule has 0 aliphatic carbocycles. The van der Waals surface area contributed by atoms with Crippen LogP contribution in [0.15, 0.2) is 24.3 Å². The third-order valence-corrected chi connectivity index (χ3v) is 3.67. The predicted octanol–water partition coefficient (Wildman–Crippen LogP) is 2.23. The molecule has 2 N–H and O–H groups in total. The Hall–Kier alpha value is -1.41. The number of halogens is 3. The van der Waals surface area contributed by atoms with E-state index in [2.05, 4.69) is 15.4 Å².